The van der Waals surface area contributed by atoms with Crippen LogP contribution in [0.25, 0.3) is 0 Å². The largest absolute Gasteiger partial charge is 0.497 e. The summed E-state index contributed by atoms with van der Waals surface area (Å²) in [6.45, 7) is 3.91. The highest BCUT2D eigenvalue weighted by Crippen LogP contribution is 2.59. The zero-order valence-corrected chi connectivity index (χ0v) is 14.0. The van der Waals surface area contributed by atoms with Crippen molar-refractivity contribution in [2.45, 2.75) is 10.8 Å². The zero-order chi connectivity index (χ0) is 17.1. The number of hydrogen-bond acceptors (Lipinski definition) is 7. The van der Waals surface area contributed by atoms with E-state index in [-0.39, 0.29) is 17.3 Å². The van der Waals surface area contributed by atoms with Gasteiger partial charge in [0.25, 0.3) is 0 Å². The van der Waals surface area contributed by atoms with E-state index in [0.717, 1.165) is 5.69 Å². The van der Waals surface area contributed by atoms with E-state index in [1.807, 2.05) is 24.3 Å². The van der Waals surface area contributed by atoms with Crippen LogP contribution in [-0.2, 0) is 19.1 Å². The van der Waals surface area contributed by atoms with Gasteiger partial charge in [0.05, 0.1) is 31.2 Å². The number of ketones is 1. The number of carbonyl (C=O) groups excluding carboxylic acids is 2. The summed E-state index contributed by atoms with van der Waals surface area (Å²) in [5.41, 5.74) is 1.22. The molecule has 1 aromatic rings. The highest BCUT2D eigenvalue weighted by Gasteiger charge is 2.68. The number of rotatable bonds is 3. The summed E-state index contributed by atoms with van der Waals surface area (Å²) in [4.78, 5) is 27.2. The Bertz CT molecular complexity index is 817. The third kappa shape index (κ3) is 1.62. The van der Waals surface area contributed by atoms with E-state index in [0.29, 0.717) is 17.2 Å². The fourth-order valence-electron chi connectivity index (χ4n) is 3.55. The molecular formula is C17H15NO5S. The first-order chi connectivity index (χ1) is 11.6. The monoisotopic (exact) mass is 345 g/mol. The second-order valence-electron chi connectivity index (χ2n) is 5.63. The number of para-hydroxylation sites is 2. The van der Waals surface area contributed by atoms with Crippen molar-refractivity contribution >= 4 is 29.2 Å². The third-order valence-corrected chi connectivity index (χ3v) is 6.02. The molecule has 6 nitrogen and oxygen atoms in total. The molecule has 1 saturated heterocycles. The SMILES string of the molecule is C=C(OC)C1=C2Oc3ccccc3N2C2C(=O)CSC12C(=O)OC. The number of fused-ring (bicyclic) bond motifs is 5. The smallest absolute Gasteiger partial charge is 0.329 e. The van der Waals surface area contributed by atoms with E-state index in [4.69, 9.17) is 14.2 Å². The average Bonchev–Trinajstić information content (AvgIpc) is 3.20. The minimum atomic E-state index is -1.22. The van der Waals surface area contributed by atoms with Crippen LogP contribution in [0, 0.1) is 0 Å². The molecule has 2 unspecified atom stereocenters. The molecule has 124 valence electrons. The van der Waals surface area contributed by atoms with Gasteiger partial charge in [0, 0.05) is 0 Å². The quantitative estimate of drug-likeness (QED) is 0.612. The summed E-state index contributed by atoms with van der Waals surface area (Å²) < 4.78 is 15.1. The van der Waals surface area contributed by atoms with E-state index in [1.54, 1.807) is 4.90 Å². The number of allylic oxidation sites excluding steroid dienone is 1. The van der Waals surface area contributed by atoms with Gasteiger partial charge < -0.3 is 14.2 Å². The number of Topliss-reactive ketones (excluding diaryl/α,β-unsaturated/α-hetero) is 1. The summed E-state index contributed by atoms with van der Waals surface area (Å²) >= 11 is 1.24. The van der Waals surface area contributed by atoms with Gasteiger partial charge in [-0.05, 0) is 12.1 Å². The average molecular weight is 345 g/mol. The topological polar surface area (TPSA) is 65.1 Å². The van der Waals surface area contributed by atoms with Crippen LogP contribution in [0.3, 0.4) is 0 Å². The molecule has 4 rings (SSSR count). The van der Waals surface area contributed by atoms with E-state index in [1.165, 1.54) is 26.0 Å². The van der Waals surface area contributed by atoms with Gasteiger partial charge in [-0.25, -0.2) is 0 Å². The van der Waals surface area contributed by atoms with Crippen LogP contribution in [0.5, 0.6) is 5.75 Å². The summed E-state index contributed by atoms with van der Waals surface area (Å²) in [7, 11) is 2.79. The molecular weight excluding hydrogens is 330 g/mol. The number of anilines is 1. The highest BCUT2D eigenvalue weighted by atomic mass is 32.2. The summed E-state index contributed by atoms with van der Waals surface area (Å²) in [5.74, 6) is 1.00. The second kappa shape index (κ2) is 5.04. The van der Waals surface area contributed by atoms with Crippen molar-refractivity contribution in [2.24, 2.45) is 0 Å². The molecule has 0 N–H and O–H groups in total. The number of benzene rings is 1. The maximum Gasteiger partial charge on any atom is 0.329 e. The fourth-order valence-corrected chi connectivity index (χ4v) is 5.02. The van der Waals surface area contributed by atoms with E-state index < -0.39 is 16.8 Å². The lowest BCUT2D eigenvalue weighted by atomic mass is 9.90. The highest BCUT2D eigenvalue weighted by molar-refractivity contribution is 8.03. The first-order valence-electron chi connectivity index (χ1n) is 7.35. The number of methoxy groups -OCH3 is 2. The fraction of sp³-hybridized carbons (Fsp3) is 0.294. The molecule has 24 heavy (non-hydrogen) atoms. The van der Waals surface area contributed by atoms with Crippen molar-refractivity contribution in [3.63, 3.8) is 0 Å². The molecule has 0 radical (unpaired) electrons. The standard InChI is InChI=1S/C17H15NO5S/c1-9(21-2)13-15-18(10-6-4-5-7-12(10)23-15)14-11(19)8-24-17(13,14)16(20)22-3/h4-7,14H,1,8H2,2-3H3. The minimum Gasteiger partial charge on any atom is -0.497 e. The maximum absolute atomic E-state index is 12.7. The van der Waals surface area contributed by atoms with Crippen LogP contribution in [0.4, 0.5) is 5.69 Å². The van der Waals surface area contributed by atoms with Gasteiger partial charge in [-0.3, -0.25) is 14.5 Å². The molecule has 3 aliphatic rings. The molecule has 0 aromatic heterocycles. The Morgan fingerprint density at radius 2 is 2.12 bits per heavy atom. The zero-order valence-electron chi connectivity index (χ0n) is 13.2. The molecule has 0 spiro atoms. The molecule has 3 aliphatic heterocycles. The van der Waals surface area contributed by atoms with Crippen molar-refractivity contribution in [2.75, 3.05) is 24.9 Å². The van der Waals surface area contributed by atoms with Crippen LogP contribution < -0.4 is 9.64 Å². The van der Waals surface area contributed by atoms with E-state index >= 15 is 0 Å². The molecule has 0 amide bonds. The molecule has 0 bridgehead atoms. The Hall–Kier alpha value is -2.41. The number of hydrogen-bond donors (Lipinski definition) is 0. The van der Waals surface area contributed by atoms with Crippen LogP contribution in [0.15, 0.2) is 48.1 Å². The lowest BCUT2D eigenvalue weighted by Gasteiger charge is -2.29. The third-order valence-electron chi connectivity index (χ3n) is 4.54. The first-order valence-corrected chi connectivity index (χ1v) is 8.34. The van der Waals surface area contributed by atoms with Crippen LogP contribution in [0.1, 0.15) is 0 Å². The number of carbonyl (C=O) groups is 2. The molecule has 1 fully saturated rings. The van der Waals surface area contributed by atoms with Crippen molar-refractivity contribution in [3.05, 3.63) is 48.1 Å². The molecule has 1 aromatic carbocycles. The number of ether oxygens (including phenoxy) is 3. The molecule has 0 aliphatic carbocycles. The predicted octanol–water partition coefficient (Wildman–Crippen LogP) is 1.87. The molecule has 0 saturated carbocycles. The van der Waals surface area contributed by atoms with Crippen molar-refractivity contribution in [1.82, 2.24) is 0 Å². The van der Waals surface area contributed by atoms with Crippen LogP contribution in [0.2, 0.25) is 0 Å². The lowest BCUT2D eigenvalue weighted by Crippen LogP contribution is -2.51. The Morgan fingerprint density at radius 1 is 1.38 bits per heavy atom. The Balaban J connectivity index is 2.00. The van der Waals surface area contributed by atoms with Gasteiger partial charge >= 0.3 is 5.97 Å². The summed E-state index contributed by atoms with van der Waals surface area (Å²) in [5, 5.41) is 0. The van der Waals surface area contributed by atoms with Gasteiger partial charge in [-0.1, -0.05) is 18.7 Å². The number of nitrogens with zero attached hydrogens (tertiary/aromatic N) is 1. The minimum absolute atomic E-state index is 0.0536. The predicted molar refractivity (Wildman–Crippen MR) is 88.7 cm³/mol. The van der Waals surface area contributed by atoms with Gasteiger partial charge in [-0.2, -0.15) is 0 Å². The van der Waals surface area contributed by atoms with Crippen molar-refractivity contribution in [3.8, 4) is 5.75 Å². The summed E-state index contributed by atoms with van der Waals surface area (Å²) in [6.07, 6.45) is 0. The Morgan fingerprint density at radius 3 is 2.83 bits per heavy atom. The summed E-state index contributed by atoms with van der Waals surface area (Å²) in [6, 6.07) is 6.67. The van der Waals surface area contributed by atoms with E-state index in [2.05, 4.69) is 6.58 Å². The van der Waals surface area contributed by atoms with Gasteiger partial charge in [-0.15, -0.1) is 11.8 Å². The lowest BCUT2D eigenvalue weighted by molar-refractivity contribution is -0.143. The van der Waals surface area contributed by atoms with Crippen LogP contribution >= 0.6 is 11.8 Å². The number of esters is 1. The van der Waals surface area contributed by atoms with Crippen LogP contribution in [-0.4, -0.2) is 42.5 Å². The normalized spacial score (nSPS) is 26.7. The number of thioether (sulfide) groups is 1. The van der Waals surface area contributed by atoms with Crippen molar-refractivity contribution < 1.29 is 23.8 Å². The van der Waals surface area contributed by atoms with Gasteiger partial charge in [0.15, 0.2) is 16.3 Å². The maximum atomic E-state index is 12.7. The van der Waals surface area contributed by atoms with Gasteiger partial charge in [0.1, 0.15) is 11.8 Å². The first kappa shape index (κ1) is 15.1. The van der Waals surface area contributed by atoms with E-state index in [9.17, 15) is 9.59 Å². The molecule has 2 atom stereocenters. The Kier molecular flexibility index (Phi) is 3.18. The second-order valence-corrected chi connectivity index (χ2v) is 6.85. The Labute approximate surface area is 143 Å². The van der Waals surface area contributed by atoms with Gasteiger partial charge in [0.2, 0.25) is 5.88 Å². The van der Waals surface area contributed by atoms with Crippen molar-refractivity contribution in [1.29, 1.82) is 0 Å². The molecule has 7 heteroatoms. The molecule has 3 heterocycles.